The van der Waals surface area contributed by atoms with E-state index < -0.39 is 0 Å². The average Bonchev–Trinajstić information content (AvgIpc) is 2.37. The summed E-state index contributed by atoms with van der Waals surface area (Å²) in [5.74, 6) is 0. The number of halogens is 1. The predicted octanol–water partition coefficient (Wildman–Crippen LogP) is 4.07. The van der Waals surface area contributed by atoms with Gasteiger partial charge >= 0.3 is 0 Å². The molecule has 0 atom stereocenters. The summed E-state index contributed by atoms with van der Waals surface area (Å²) in [5, 5.41) is 8.78. The summed E-state index contributed by atoms with van der Waals surface area (Å²) in [5.41, 5.74) is 2.42. The Kier molecular flexibility index (Phi) is 3.69. The third-order valence-electron chi connectivity index (χ3n) is 2.19. The van der Waals surface area contributed by atoms with Crippen LogP contribution < -0.4 is 0 Å². The molecule has 0 saturated heterocycles. The number of benzene rings is 2. The minimum atomic E-state index is 0.619. The zero-order chi connectivity index (χ0) is 12.1. The second-order valence-electron chi connectivity index (χ2n) is 3.48. The molecular weight excluding hydrogens is 276 g/mol. The molecule has 17 heavy (non-hydrogen) atoms. The van der Waals surface area contributed by atoms with E-state index in [2.05, 4.69) is 27.0 Å². The summed E-state index contributed by atoms with van der Waals surface area (Å²) in [4.78, 5) is 4.33. The van der Waals surface area contributed by atoms with Gasteiger partial charge in [0.2, 0.25) is 0 Å². The van der Waals surface area contributed by atoms with E-state index in [0.717, 1.165) is 15.7 Å². The molecule has 0 aliphatic carbocycles. The highest BCUT2D eigenvalue weighted by molar-refractivity contribution is 9.10. The Morgan fingerprint density at radius 1 is 1.12 bits per heavy atom. The maximum atomic E-state index is 8.78. The third-order valence-corrected chi connectivity index (χ3v) is 2.68. The fourth-order valence-corrected chi connectivity index (χ4v) is 1.81. The summed E-state index contributed by atoms with van der Waals surface area (Å²) in [6.07, 6.45) is 1.78. The minimum absolute atomic E-state index is 0.619. The van der Waals surface area contributed by atoms with Gasteiger partial charge in [0.25, 0.3) is 0 Å². The van der Waals surface area contributed by atoms with Crippen molar-refractivity contribution in [3.8, 4) is 6.07 Å². The van der Waals surface area contributed by atoms with Gasteiger partial charge in [-0.25, -0.2) is 0 Å². The highest BCUT2D eigenvalue weighted by Crippen LogP contribution is 2.15. The number of hydrogen-bond acceptors (Lipinski definition) is 2. The van der Waals surface area contributed by atoms with Crippen molar-refractivity contribution in [3.63, 3.8) is 0 Å². The molecule has 2 rings (SSSR count). The van der Waals surface area contributed by atoms with Crippen molar-refractivity contribution in [1.29, 1.82) is 5.26 Å². The first kappa shape index (κ1) is 11.6. The molecule has 0 unspecified atom stereocenters. The van der Waals surface area contributed by atoms with Gasteiger partial charge in [-0.05, 0) is 35.9 Å². The molecule has 0 fully saturated rings. The van der Waals surface area contributed by atoms with Crippen LogP contribution in [0.25, 0.3) is 0 Å². The van der Waals surface area contributed by atoms with Crippen LogP contribution in [-0.2, 0) is 0 Å². The largest absolute Gasteiger partial charge is 0.256 e. The van der Waals surface area contributed by atoms with Gasteiger partial charge in [-0.1, -0.05) is 34.1 Å². The molecule has 0 aliphatic heterocycles. The van der Waals surface area contributed by atoms with Gasteiger partial charge in [-0.15, -0.1) is 0 Å². The van der Waals surface area contributed by atoms with Crippen molar-refractivity contribution in [2.75, 3.05) is 0 Å². The van der Waals surface area contributed by atoms with Crippen LogP contribution in [0.2, 0.25) is 0 Å². The normalized spacial score (nSPS) is 10.4. The molecule has 0 aromatic heterocycles. The SMILES string of the molecule is N#Cc1cccc(N=Cc2cccc(Br)c2)c1. The van der Waals surface area contributed by atoms with Crippen LogP contribution in [0.3, 0.4) is 0 Å². The highest BCUT2D eigenvalue weighted by Gasteiger charge is 1.93. The van der Waals surface area contributed by atoms with E-state index >= 15 is 0 Å². The molecule has 82 valence electrons. The van der Waals surface area contributed by atoms with Gasteiger partial charge < -0.3 is 0 Å². The van der Waals surface area contributed by atoms with Gasteiger partial charge in [0.15, 0.2) is 0 Å². The van der Waals surface area contributed by atoms with Gasteiger partial charge in [0.05, 0.1) is 17.3 Å². The Morgan fingerprint density at radius 3 is 2.71 bits per heavy atom. The van der Waals surface area contributed by atoms with E-state index in [-0.39, 0.29) is 0 Å². The monoisotopic (exact) mass is 284 g/mol. The molecule has 0 saturated carbocycles. The first-order chi connectivity index (χ1) is 8.28. The summed E-state index contributed by atoms with van der Waals surface area (Å²) >= 11 is 3.41. The predicted molar refractivity (Wildman–Crippen MR) is 72.6 cm³/mol. The second-order valence-corrected chi connectivity index (χ2v) is 4.39. The standard InChI is InChI=1S/C14H9BrN2/c15-13-5-1-4-12(7-13)10-17-14-6-2-3-11(8-14)9-16/h1-8,10H. The Balaban J connectivity index is 2.23. The second kappa shape index (κ2) is 5.42. The zero-order valence-electron chi connectivity index (χ0n) is 8.97. The number of nitrogens with zero attached hydrogens (tertiary/aromatic N) is 2. The van der Waals surface area contributed by atoms with Gasteiger partial charge in [-0.2, -0.15) is 5.26 Å². The molecule has 3 heteroatoms. The van der Waals surface area contributed by atoms with Gasteiger partial charge in [0.1, 0.15) is 0 Å². The molecule has 0 heterocycles. The lowest BCUT2D eigenvalue weighted by atomic mass is 10.2. The van der Waals surface area contributed by atoms with E-state index in [1.165, 1.54) is 0 Å². The Labute approximate surface area is 108 Å². The van der Waals surface area contributed by atoms with Crippen molar-refractivity contribution in [2.45, 2.75) is 0 Å². The van der Waals surface area contributed by atoms with Crippen molar-refractivity contribution < 1.29 is 0 Å². The van der Waals surface area contributed by atoms with Crippen LogP contribution in [0.4, 0.5) is 5.69 Å². The van der Waals surface area contributed by atoms with Crippen LogP contribution in [0.15, 0.2) is 58.0 Å². The first-order valence-electron chi connectivity index (χ1n) is 5.08. The van der Waals surface area contributed by atoms with Crippen LogP contribution in [-0.4, -0.2) is 6.21 Å². The molecule has 0 aliphatic rings. The summed E-state index contributed by atoms with van der Waals surface area (Å²) in [7, 11) is 0. The van der Waals surface area contributed by atoms with E-state index in [9.17, 15) is 0 Å². The molecule has 0 amide bonds. The Bertz CT molecular complexity index is 597. The van der Waals surface area contributed by atoms with E-state index in [1.54, 1.807) is 18.3 Å². The van der Waals surface area contributed by atoms with E-state index in [4.69, 9.17) is 5.26 Å². The molecule has 0 bridgehead atoms. The van der Waals surface area contributed by atoms with Crippen LogP contribution >= 0.6 is 15.9 Å². The van der Waals surface area contributed by atoms with Crippen molar-refractivity contribution >= 4 is 27.8 Å². The van der Waals surface area contributed by atoms with Crippen LogP contribution in [0.5, 0.6) is 0 Å². The maximum absolute atomic E-state index is 8.78. The Hall–Kier alpha value is -1.92. The fourth-order valence-electron chi connectivity index (χ4n) is 1.39. The zero-order valence-corrected chi connectivity index (χ0v) is 10.6. The smallest absolute Gasteiger partial charge is 0.0992 e. The number of rotatable bonds is 2. The number of hydrogen-bond donors (Lipinski definition) is 0. The molecule has 2 aromatic carbocycles. The van der Waals surface area contributed by atoms with Gasteiger partial charge in [0, 0.05) is 10.7 Å². The molecule has 0 radical (unpaired) electrons. The summed E-state index contributed by atoms with van der Waals surface area (Å²) < 4.78 is 1.02. The lowest BCUT2D eigenvalue weighted by Crippen LogP contribution is -1.80. The van der Waals surface area contributed by atoms with E-state index in [0.29, 0.717) is 5.56 Å². The number of aliphatic imine (C=N–C) groups is 1. The third kappa shape index (κ3) is 3.27. The van der Waals surface area contributed by atoms with Crippen molar-refractivity contribution in [2.24, 2.45) is 4.99 Å². The van der Waals surface area contributed by atoms with Crippen molar-refractivity contribution in [1.82, 2.24) is 0 Å². The van der Waals surface area contributed by atoms with Crippen LogP contribution in [0.1, 0.15) is 11.1 Å². The first-order valence-corrected chi connectivity index (χ1v) is 5.87. The highest BCUT2D eigenvalue weighted by atomic mass is 79.9. The maximum Gasteiger partial charge on any atom is 0.0992 e. The fraction of sp³-hybridized carbons (Fsp3) is 0. The summed E-state index contributed by atoms with van der Waals surface area (Å²) in [6, 6.07) is 17.2. The minimum Gasteiger partial charge on any atom is -0.256 e. The molecule has 0 spiro atoms. The lowest BCUT2D eigenvalue weighted by Gasteiger charge is -1.95. The number of nitriles is 1. The van der Waals surface area contributed by atoms with Gasteiger partial charge in [-0.3, -0.25) is 4.99 Å². The molecule has 2 nitrogen and oxygen atoms in total. The molecular formula is C14H9BrN2. The van der Waals surface area contributed by atoms with E-state index in [1.807, 2.05) is 36.4 Å². The quantitative estimate of drug-likeness (QED) is 0.766. The lowest BCUT2D eigenvalue weighted by molar-refractivity contribution is 1.46. The van der Waals surface area contributed by atoms with Crippen molar-refractivity contribution in [3.05, 3.63) is 64.1 Å². The van der Waals surface area contributed by atoms with Crippen LogP contribution in [0, 0.1) is 11.3 Å². The average molecular weight is 285 g/mol. The molecule has 2 aromatic rings. The molecule has 0 N–H and O–H groups in total. The Morgan fingerprint density at radius 2 is 1.94 bits per heavy atom. The summed E-state index contributed by atoms with van der Waals surface area (Å²) in [6.45, 7) is 0. The topological polar surface area (TPSA) is 36.1 Å².